The summed E-state index contributed by atoms with van der Waals surface area (Å²) in [7, 11) is 0. The first-order valence-corrected chi connectivity index (χ1v) is 8.11. The normalized spacial score (nSPS) is 12.4. The van der Waals surface area contributed by atoms with Crippen LogP contribution >= 0.6 is 50.9 Å². The number of nitrogens with two attached hydrogens (primary N) is 1. The second kappa shape index (κ2) is 7.00. The second-order valence-electron chi connectivity index (χ2n) is 3.94. The summed E-state index contributed by atoms with van der Waals surface area (Å²) in [6.07, 6.45) is 0. The Morgan fingerprint density at radius 1 is 1.11 bits per heavy atom. The molecule has 0 amide bonds. The molecule has 1 nitrogen and oxygen atoms in total. The number of halogens is 3. The van der Waals surface area contributed by atoms with E-state index in [0.29, 0.717) is 16.6 Å². The van der Waals surface area contributed by atoms with E-state index in [1.165, 1.54) is 5.56 Å². The van der Waals surface area contributed by atoms with Crippen LogP contribution in [0.1, 0.15) is 10.8 Å². The fraction of sp³-hybridized carbons (Fsp3) is 0.143. The standard InChI is InChI=1S/C14H12BrCl2NS/c15-11-4-2-1-3-10(11)14(8-18)19-9-5-6-12(16)13(17)7-9/h1-7,14H,8,18H2. The van der Waals surface area contributed by atoms with Gasteiger partial charge in [-0.3, -0.25) is 0 Å². The molecular formula is C14H12BrCl2NS. The second-order valence-corrected chi connectivity index (χ2v) is 6.88. The Labute approximate surface area is 135 Å². The van der Waals surface area contributed by atoms with Gasteiger partial charge in [-0.1, -0.05) is 57.3 Å². The van der Waals surface area contributed by atoms with Crippen LogP contribution in [0.15, 0.2) is 51.8 Å². The third-order valence-corrected chi connectivity index (χ3v) is 5.35. The van der Waals surface area contributed by atoms with Crippen LogP contribution in [-0.2, 0) is 0 Å². The highest BCUT2D eigenvalue weighted by atomic mass is 79.9. The van der Waals surface area contributed by atoms with E-state index in [1.54, 1.807) is 17.8 Å². The molecule has 0 saturated carbocycles. The summed E-state index contributed by atoms with van der Waals surface area (Å²) in [4.78, 5) is 1.06. The van der Waals surface area contributed by atoms with E-state index in [2.05, 4.69) is 22.0 Å². The Hall–Kier alpha value is -0.190. The lowest BCUT2D eigenvalue weighted by molar-refractivity contribution is 0.936. The molecule has 2 rings (SSSR count). The molecule has 0 aliphatic carbocycles. The summed E-state index contributed by atoms with van der Waals surface area (Å²) in [5.41, 5.74) is 7.07. The third-order valence-electron chi connectivity index (χ3n) is 2.64. The SMILES string of the molecule is NCC(Sc1ccc(Cl)c(Cl)c1)c1ccccc1Br. The van der Waals surface area contributed by atoms with Gasteiger partial charge in [0.1, 0.15) is 0 Å². The highest BCUT2D eigenvalue weighted by molar-refractivity contribution is 9.10. The number of rotatable bonds is 4. The highest BCUT2D eigenvalue weighted by Gasteiger charge is 2.14. The fourth-order valence-electron chi connectivity index (χ4n) is 1.69. The van der Waals surface area contributed by atoms with Crippen LogP contribution in [0.4, 0.5) is 0 Å². The predicted molar refractivity (Wildman–Crippen MR) is 88.3 cm³/mol. The largest absolute Gasteiger partial charge is 0.329 e. The Morgan fingerprint density at radius 2 is 1.84 bits per heavy atom. The molecule has 0 aromatic heterocycles. The first-order valence-electron chi connectivity index (χ1n) is 5.68. The fourth-order valence-corrected chi connectivity index (χ4v) is 3.85. The molecule has 0 fully saturated rings. The van der Waals surface area contributed by atoms with Crippen molar-refractivity contribution in [1.29, 1.82) is 0 Å². The average Bonchev–Trinajstić information content (AvgIpc) is 2.41. The zero-order valence-electron chi connectivity index (χ0n) is 9.95. The first kappa shape index (κ1) is 15.2. The van der Waals surface area contributed by atoms with Crippen LogP contribution in [-0.4, -0.2) is 6.54 Å². The van der Waals surface area contributed by atoms with Gasteiger partial charge in [-0.05, 0) is 29.8 Å². The lowest BCUT2D eigenvalue weighted by Gasteiger charge is -2.16. The lowest BCUT2D eigenvalue weighted by atomic mass is 10.1. The smallest absolute Gasteiger partial charge is 0.0603 e. The van der Waals surface area contributed by atoms with Crippen molar-refractivity contribution < 1.29 is 0 Å². The Kier molecular flexibility index (Phi) is 5.60. The molecule has 0 saturated heterocycles. The van der Waals surface area contributed by atoms with Crippen molar-refractivity contribution in [3.8, 4) is 0 Å². The first-order chi connectivity index (χ1) is 9.11. The van der Waals surface area contributed by atoms with Gasteiger partial charge in [0.2, 0.25) is 0 Å². The van der Waals surface area contributed by atoms with Crippen LogP contribution in [0.2, 0.25) is 10.0 Å². The molecule has 2 aromatic carbocycles. The summed E-state index contributed by atoms with van der Waals surface area (Å²) < 4.78 is 1.07. The van der Waals surface area contributed by atoms with Gasteiger partial charge >= 0.3 is 0 Å². The molecule has 19 heavy (non-hydrogen) atoms. The van der Waals surface area contributed by atoms with E-state index in [9.17, 15) is 0 Å². The molecule has 1 atom stereocenters. The van der Waals surface area contributed by atoms with Crippen molar-refractivity contribution in [1.82, 2.24) is 0 Å². The van der Waals surface area contributed by atoms with E-state index in [-0.39, 0.29) is 5.25 Å². The Balaban J connectivity index is 2.24. The van der Waals surface area contributed by atoms with Gasteiger partial charge in [0, 0.05) is 21.2 Å². The average molecular weight is 377 g/mol. The predicted octanol–water partition coefficient (Wildman–Crippen LogP) is 5.55. The summed E-state index contributed by atoms with van der Waals surface area (Å²) in [5.74, 6) is 0. The van der Waals surface area contributed by atoms with E-state index < -0.39 is 0 Å². The number of benzene rings is 2. The van der Waals surface area contributed by atoms with E-state index in [1.807, 2.05) is 30.3 Å². The van der Waals surface area contributed by atoms with Crippen LogP contribution < -0.4 is 5.73 Å². The third kappa shape index (κ3) is 3.89. The van der Waals surface area contributed by atoms with Gasteiger partial charge in [-0.15, -0.1) is 11.8 Å². The number of hydrogen-bond acceptors (Lipinski definition) is 2. The van der Waals surface area contributed by atoms with Gasteiger partial charge in [0.25, 0.3) is 0 Å². The van der Waals surface area contributed by atoms with Gasteiger partial charge in [0.05, 0.1) is 10.0 Å². The molecule has 2 aromatic rings. The van der Waals surface area contributed by atoms with Crippen molar-refractivity contribution in [3.05, 3.63) is 62.5 Å². The van der Waals surface area contributed by atoms with Crippen molar-refractivity contribution in [3.63, 3.8) is 0 Å². The summed E-state index contributed by atoms with van der Waals surface area (Å²) in [6.45, 7) is 0.549. The molecule has 0 aliphatic rings. The van der Waals surface area contributed by atoms with Gasteiger partial charge < -0.3 is 5.73 Å². The van der Waals surface area contributed by atoms with Crippen molar-refractivity contribution in [2.24, 2.45) is 5.73 Å². The van der Waals surface area contributed by atoms with Crippen molar-refractivity contribution in [2.45, 2.75) is 10.1 Å². The minimum atomic E-state index is 0.174. The summed E-state index contributed by atoms with van der Waals surface area (Å²) >= 11 is 17.2. The zero-order valence-corrected chi connectivity index (χ0v) is 13.9. The van der Waals surface area contributed by atoms with Crippen LogP contribution in [0, 0.1) is 0 Å². The number of thioether (sulfide) groups is 1. The maximum absolute atomic E-state index is 6.03. The lowest BCUT2D eigenvalue weighted by Crippen LogP contribution is -2.09. The molecule has 2 N–H and O–H groups in total. The molecule has 0 aliphatic heterocycles. The van der Waals surface area contributed by atoms with Gasteiger partial charge in [-0.2, -0.15) is 0 Å². The van der Waals surface area contributed by atoms with Gasteiger partial charge in [-0.25, -0.2) is 0 Å². The van der Waals surface area contributed by atoms with E-state index >= 15 is 0 Å². The molecule has 0 heterocycles. The Morgan fingerprint density at radius 3 is 2.47 bits per heavy atom. The summed E-state index contributed by atoms with van der Waals surface area (Å²) in [5, 5.41) is 1.30. The topological polar surface area (TPSA) is 26.0 Å². The zero-order chi connectivity index (χ0) is 13.8. The van der Waals surface area contributed by atoms with Crippen molar-refractivity contribution in [2.75, 3.05) is 6.54 Å². The highest BCUT2D eigenvalue weighted by Crippen LogP contribution is 2.39. The number of hydrogen-bond donors (Lipinski definition) is 1. The molecule has 100 valence electrons. The van der Waals surface area contributed by atoms with E-state index in [4.69, 9.17) is 28.9 Å². The maximum Gasteiger partial charge on any atom is 0.0603 e. The summed E-state index contributed by atoms with van der Waals surface area (Å²) in [6, 6.07) is 13.7. The van der Waals surface area contributed by atoms with E-state index in [0.717, 1.165) is 9.37 Å². The minimum Gasteiger partial charge on any atom is -0.329 e. The maximum atomic E-state index is 6.03. The van der Waals surface area contributed by atoms with Gasteiger partial charge in [0.15, 0.2) is 0 Å². The molecule has 1 unspecified atom stereocenters. The van der Waals surface area contributed by atoms with Crippen LogP contribution in [0.3, 0.4) is 0 Å². The van der Waals surface area contributed by atoms with Crippen LogP contribution in [0.5, 0.6) is 0 Å². The molecule has 0 spiro atoms. The van der Waals surface area contributed by atoms with Crippen LogP contribution in [0.25, 0.3) is 0 Å². The molecule has 0 bridgehead atoms. The molecular weight excluding hydrogens is 365 g/mol. The molecule has 5 heteroatoms. The molecule has 0 radical (unpaired) electrons. The Bertz CT molecular complexity index is 577. The quantitative estimate of drug-likeness (QED) is 0.708. The van der Waals surface area contributed by atoms with Crippen molar-refractivity contribution >= 4 is 50.9 Å². The monoisotopic (exact) mass is 375 g/mol. The minimum absolute atomic E-state index is 0.174.